The van der Waals surface area contributed by atoms with Crippen LogP contribution >= 0.6 is 0 Å². The topological polar surface area (TPSA) is 44.3 Å². The number of phenols is 1. The zero-order chi connectivity index (χ0) is 30.8. The van der Waals surface area contributed by atoms with E-state index in [-0.39, 0.29) is 5.75 Å². The lowest BCUT2D eigenvalue weighted by Gasteiger charge is -2.16. The van der Waals surface area contributed by atoms with E-state index >= 15 is 0 Å². The summed E-state index contributed by atoms with van der Waals surface area (Å²) >= 11 is 0. The molecule has 3 N–H and O–H groups in total. The first-order valence-electron chi connectivity index (χ1n) is 14.9. The van der Waals surface area contributed by atoms with Crippen LogP contribution in [0.3, 0.4) is 0 Å². The molecule has 0 spiro atoms. The summed E-state index contributed by atoms with van der Waals surface area (Å²) in [6, 6.07) is 52.7. The van der Waals surface area contributed by atoms with Crippen LogP contribution in [0.15, 0.2) is 183 Å². The van der Waals surface area contributed by atoms with Crippen molar-refractivity contribution in [1.82, 2.24) is 0 Å². The van der Waals surface area contributed by atoms with Crippen molar-refractivity contribution in [2.45, 2.75) is 0 Å². The maximum absolute atomic E-state index is 10.5. The number of nitrogens with one attached hydrogen (secondary N) is 2. The molecule has 45 heavy (non-hydrogen) atoms. The minimum absolute atomic E-state index is 0.264. The molecule has 0 aliphatic heterocycles. The van der Waals surface area contributed by atoms with Gasteiger partial charge in [0, 0.05) is 34.4 Å². The Balaban J connectivity index is 1.30. The van der Waals surface area contributed by atoms with Crippen molar-refractivity contribution in [3.8, 4) is 28.0 Å². The van der Waals surface area contributed by atoms with Crippen molar-refractivity contribution in [3.63, 3.8) is 0 Å². The molecule has 6 aromatic carbocycles. The average molecular weight is 583 g/mol. The zero-order valence-electron chi connectivity index (χ0n) is 24.9. The van der Waals surface area contributed by atoms with Crippen molar-refractivity contribution in [2.75, 3.05) is 10.6 Å². The zero-order valence-corrected chi connectivity index (χ0v) is 24.9. The van der Waals surface area contributed by atoms with Crippen LogP contribution in [0, 0.1) is 0 Å². The molecule has 0 heterocycles. The largest absolute Gasteiger partial charge is 0.507 e. The molecule has 0 amide bonds. The highest BCUT2D eigenvalue weighted by molar-refractivity contribution is 5.89. The third-order valence-corrected chi connectivity index (χ3v) is 7.58. The third kappa shape index (κ3) is 7.30. The van der Waals surface area contributed by atoms with E-state index in [1.165, 1.54) is 0 Å². The van der Waals surface area contributed by atoms with Crippen LogP contribution in [-0.4, -0.2) is 5.11 Å². The third-order valence-electron chi connectivity index (χ3n) is 7.58. The smallest absolute Gasteiger partial charge is 0.123 e. The summed E-state index contributed by atoms with van der Waals surface area (Å²) in [7, 11) is 0. The first-order chi connectivity index (χ1) is 22.1. The molecule has 0 saturated carbocycles. The van der Waals surface area contributed by atoms with Crippen molar-refractivity contribution < 1.29 is 5.11 Å². The summed E-state index contributed by atoms with van der Waals surface area (Å²) in [5.41, 5.74) is 11.0. The highest BCUT2D eigenvalue weighted by atomic mass is 16.3. The Bertz CT molecular complexity index is 1940. The number of hydrogen-bond acceptors (Lipinski definition) is 3. The van der Waals surface area contributed by atoms with E-state index in [1.54, 1.807) is 6.07 Å². The lowest BCUT2D eigenvalue weighted by atomic mass is 9.96. The van der Waals surface area contributed by atoms with Gasteiger partial charge < -0.3 is 15.7 Å². The van der Waals surface area contributed by atoms with E-state index in [2.05, 4.69) is 90.0 Å². The molecule has 0 aromatic heterocycles. The van der Waals surface area contributed by atoms with Crippen molar-refractivity contribution in [2.24, 2.45) is 0 Å². The van der Waals surface area contributed by atoms with Crippen LogP contribution in [0.2, 0.25) is 0 Å². The van der Waals surface area contributed by atoms with Gasteiger partial charge in [-0.3, -0.25) is 0 Å². The van der Waals surface area contributed by atoms with Crippen LogP contribution in [0.4, 0.5) is 17.1 Å². The number of allylic oxidation sites excluding steroid dienone is 4. The van der Waals surface area contributed by atoms with E-state index in [1.807, 2.05) is 97.2 Å². The second-order valence-corrected chi connectivity index (χ2v) is 10.7. The first-order valence-corrected chi connectivity index (χ1v) is 14.9. The molecule has 0 atom stereocenters. The molecular formula is C42H34N2O. The molecule has 0 aliphatic rings. The van der Waals surface area contributed by atoms with E-state index in [4.69, 9.17) is 0 Å². The van der Waals surface area contributed by atoms with Crippen molar-refractivity contribution in [1.29, 1.82) is 0 Å². The van der Waals surface area contributed by atoms with Gasteiger partial charge in [-0.1, -0.05) is 122 Å². The molecule has 3 heteroatoms. The van der Waals surface area contributed by atoms with Crippen molar-refractivity contribution >= 4 is 28.2 Å². The van der Waals surface area contributed by atoms with Gasteiger partial charge in [0.05, 0.1) is 0 Å². The highest BCUT2D eigenvalue weighted by Gasteiger charge is 2.11. The average Bonchev–Trinajstić information content (AvgIpc) is 3.10. The molecule has 0 aliphatic carbocycles. The van der Waals surface area contributed by atoms with Gasteiger partial charge in [0.2, 0.25) is 0 Å². The van der Waals surface area contributed by atoms with Crippen LogP contribution in [0.5, 0.6) is 5.75 Å². The van der Waals surface area contributed by atoms with Gasteiger partial charge in [0.25, 0.3) is 0 Å². The normalized spacial score (nSPS) is 11.3. The Labute approximate surface area is 265 Å². The van der Waals surface area contributed by atoms with Crippen LogP contribution in [0.1, 0.15) is 11.1 Å². The maximum Gasteiger partial charge on any atom is 0.123 e. The van der Waals surface area contributed by atoms with Crippen LogP contribution in [0.25, 0.3) is 33.4 Å². The number of aromatic hydroxyl groups is 1. The number of anilines is 3. The predicted octanol–water partition coefficient (Wildman–Crippen LogP) is 11.2. The monoisotopic (exact) mass is 582 g/mol. The summed E-state index contributed by atoms with van der Waals surface area (Å²) < 4.78 is 0. The molecule has 218 valence electrons. The molecular weight excluding hydrogens is 548 g/mol. The minimum Gasteiger partial charge on any atom is -0.507 e. The Hall–Kier alpha value is -6.06. The lowest BCUT2D eigenvalue weighted by Crippen LogP contribution is -1.95. The summed E-state index contributed by atoms with van der Waals surface area (Å²) in [5, 5.41) is 17.5. The summed E-state index contributed by atoms with van der Waals surface area (Å²) in [4.78, 5) is 0. The fraction of sp³-hybridized carbons (Fsp3) is 0. The molecule has 0 radical (unpaired) electrons. The molecule has 6 rings (SSSR count). The van der Waals surface area contributed by atoms with Crippen molar-refractivity contribution in [3.05, 3.63) is 194 Å². The highest BCUT2D eigenvalue weighted by Crippen LogP contribution is 2.37. The van der Waals surface area contributed by atoms with E-state index < -0.39 is 0 Å². The summed E-state index contributed by atoms with van der Waals surface area (Å²) in [5.74, 6) is 0.264. The van der Waals surface area contributed by atoms with Gasteiger partial charge in [-0.2, -0.15) is 0 Å². The minimum atomic E-state index is 0.264. The number of benzene rings is 6. The maximum atomic E-state index is 10.5. The van der Waals surface area contributed by atoms with Gasteiger partial charge >= 0.3 is 0 Å². The van der Waals surface area contributed by atoms with E-state index in [0.29, 0.717) is 0 Å². The van der Waals surface area contributed by atoms with E-state index in [9.17, 15) is 5.11 Å². The molecule has 0 fully saturated rings. The SMILES string of the molecule is C=C(/C=C(\C=C/Nc1ccccc1)c1ccc(Nc2ccc(-c3ccccc3O)cc2-c2ccccc2)cc1)c1ccccc1. The number of hydrogen-bond donors (Lipinski definition) is 3. The molecule has 0 unspecified atom stereocenters. The standard InChI is InChI=1S/C42H34N2O/c1-31(32-13-5-2-6-14-32)29-35(27-28-43-37-17-9-4-10-18-37)33-21-24-38(25-22-33)44-41-26-23-36(39-19-11-12-20-42(39)45)30-40(41)34-15-7-3-8-16-34/h2-30,43-45H,1H2/b28-27-,35-29+. The lowest BCUT2D eigenvalue weighted by molar-refractivity contribution is 0.477. The quantitative estimate of drug-likeness (QED) is 0.141. The number of para-hydroxylation sites is 2. The molecule has 6 aromatic rings. The Morgan fingerprint density at radius 3 is 1.91 bits per heavy atom. The van der Waals surface area contributed by atoms with E-state index in [0.717, 1.165) is 61.6 Å². The second-order valence-electron chi connectivity index (χ2n) is 10.7. The Kier molecular flexibility index (Phi) is 8.99. The Morgan fingerprint density at radius 2 is 1.20 bits per heavy atom. The predicted molar refractivity (Wildman–Crippen MR) is 191 cm³/mol. The summed E-state index contributed by atoms with van der Waals surface area (Å²) in [6.07, 6.45) is 6.16. The second kappa shape index (κ2) is 13.9. The van der Waals surface area contributed by atoms with Gasteiger partial charge in [-0.05, 0) is 88.0 Å². The van der Waals surface area contributed by atoms with Gasteiger partial charge in [-0.15, -0.1) is 0 Å². The molecule has 0 saturated heterocycles. The van der Waals surface area contributed by atoms with Gasteiger partial charge in [-0.25, -0.2) is 0 Å². The molecule has 3 nitrogen and oxygen atoms in total. The Morgan fingerprint density at radius 1 is 0.556 bits per heavy atom. The fourth-order valence-electron chi connectivity index (χ4n) is 5.21. The van der Waals surface area contributed by atoms with Gasteiger partial charge in [0.15, 0.2) is 0 Å². The molecule has 0 bridgehead atoms. The fourth-order valence-corrected chi connectivity index (χ4v) is 5.21. The first kappa shape index (κ1) is 29.0. The van der Waals surface area contributed by atoms with Crippen LogP contribution < -0.4 is 10.6 Å². The van der Waals surface area contributed by atoms with Gasteiger partial charge in [0.1, 0.15) is 5.75 Å². The number of phenolic OH excluding ortho intramolecular Hbond substituents is 1. The summed E-state index contributed by atoms with van der Waals surface area (Å²) in [6.45, 7) is 4.34. The number of rotatable bonds is 10. The van der Waals surface area contributed by atoms with Crippen LogP contribution in [-0.2, 0) is 0 Å².